The van der Waals surface area contributed by atoms with Crippen LogP contribution in [0.5, 0.6) is 0 Å². The Hall–Kier alpha value is -1.28. The molecule has 2 unspecified atom stereocenters. The lowest BCUT2D eigenvalue weighted by Crippen LogP contribution is -2.37. The van der Waals surface area contributed by atoms with E-state index in [1.807, 2.05) is 21.1 Å². The minimum Gasteiger partial charge on any atom is -0.756 e. The van der Waals surface area contributed by atoms with E-state index in [1.165, 1.54) is 180 Å². The Kier molecular flexibility index (Phi) is 47.2. The van der Waals surface area contributed by atoms with E-state index in [2.05, 4.69) is 50.3 Å². The number of phosphoric ester groups is 1. The average Bonchev–Trinajstić information content (AvgIpc) is 3.25. The van der Waals surface area contributed by atoms with E-state index in [0.29, 0.717) is 24.1 Å². The summed E-state index contributed by atoms with van der Waals surface area (Å²) in [6.45, 7) is 5.42. The standard InChI is InChI=1S/C55H106NO7P/c1-6-8-10-12-14-16-18-20-22-24-26-28-29-31-33-35-37-39-41-43-45-47-50-60-52-54(53-62-64(58,59)61-51-49-56(3,4)5)63-55(57)48-46-44-42-40-38-36-34-32-30-27-25-23-21-19-17-15-13-11-9-7-2/h18,20,24,26,29,31,54H,6-17,19,21-23,25,27-28,30,32-53H2,1-5H3/b20-18-,26-24-,31-29-. The maximum atomic E-state index is 12.8. The zero-order chi connectivity index (χ0) is 46.9. The minimum atomic E-state index is -4.53. The number of allylic oxidation sites excluding steroid dienone is 6. The molecule has 8 nitrogen and oxygen atoms in total. The molecule has 64 heavy (non-hydrogen) atoms. The lowest BCUT2D eigenvalue weighted by molar-refractivity contribution is -0.870. The second kappa shape index (κ2) is 48.2. The highest BCUT2D eigenvalue weighted by molar-refractivity contribution is 7.45. The summed E-state index contributed by atoms with van der Waals surface area (Å²) in [5, 5.41) is 0. The van der Waals surface area contributed by atoms with Gasteiger partial charge < -0.3 is 27.9 Å². The number of nitrogens with zero attached hydrogens (tertiary/aromatic N) is 1. The summed E-state index contributed by atoms with van der Waals surface area (Å²) in [7, 11) is 1.36. The molecule has 0 aliphatic heterocycles. The van der Waals surface area contributed by atoms with Crippen molar-refractivity contribution in [2.75, 3.05) is 54.1 Å². The maximum absolute atomic E-state index is 12.8. The highest BCUT2D eigenvalue weighted by Gasteiger charge is 2.20. The molecule has 0 aromatic rings. The number of likely N-dealkylation sites (N-methyl/N-ethyl adjacent to an activating group) is 1. The maximum Gasteiger partial charge on any atom is 0.306 e. The molecular formula is C55H106NO7P. The fourth-order valence-corrected chi connectivity index (χ4v) is 8.46. The van der Waals surface area contributed by atoms with Crippen LogP contribution in [0.3, 0.4) is 0 Å². The number of hydrogen-bond donors (Lipinski definition) is 0. The van der Waals surface area contributed by atoms with Crippen molar-refractivity contribution < 1.29 is 37.3 Å². The third-order valence-corrected chi connectivity index (χ3v) is 12.9. The van der Waals surface area contributed by atoms with Gasteiger partial charge in [0.1, 0.15) is 19.3 Å². The lowest BCUT2D eigenvalue weighted by atomic mass is 10.0. The smallest absolute Gasteiger partial charge is 0.306 e. The van der Waals surface area contributed by atoms with Crippen molar-refractivity contribution in [3.63, 3.8) is 0 Å². The van der Waals surface area contributed by atoms with Gasteiger partial charge >= 0.3 is 5.97 Å². The van der Waals surface area contributed by atoms with E-state index in [4.69, 9.17) is 18.5 Å². The molecule has 0 saturated carbocycles. The van der Waals surface area contributed by atoms with Crippen LogP contribution in [0.1, 0.15) is 251 Å². The van der Waals surface area contributed by atoms with Crippen LogP contribution in [0, 0.1) is 0 Å². The fraction of sp³-hybridized carbons (Fsp3) is 0.873. The predicted molar refractivity (Wildman–Crippen MR) is 273 cm³/mol. The van der Waals surface area contributed by atoms with Crippen LogP contribution in [0.15, 0.2) is 36.5 Å². The summed E-state index contributed by atoms with van der Waals surface area (Å²) in [6.07, 6.45) is 58.8. The van der Waals surface area contributed by atoms with E-state index in [-0.39, 0.29) is 25.8 Å². The van der Waals surface area contributed by atoms with Crippen molar-refractivity contribution in [2.45, 2.75) is 258 Å². The zero-order valence-electron chi connectivity index (χ0n) is 43.0. The molecule has 0 radical (unpaired) electrons. The highest BCUT2D eigenvalue weighted by atomic mass is 31.2. The van der Waals surface area contributed by atoms with Gasteiger partial charge in [0.2, 0.25) is 0 Å². The summed E-state index contributed by atoms with van der Waals surface area (Å²) in [4.78, 5) is 25.2. The molecular weight excluding hydrogens is 818 g/mol. The molecule has 0 aliphatic rings. The Morgan fingerprint density at radius 2 is 0.859 bits per heavy atom. The summed E-state index contributed by atoms with van der Waals surface area (Å²) in [5.74, 6) is -0.333. The van der Waals surface area contributed by atoms with Gasteiger partial charge in [-0.05, 0) is 51.4 Å². The largest absolute Gasteiger partial charge is 0.756 e. The van der Waals surface area contributed by atoms with Gasteiger partial charge in [-0.25, -0.2) is 0 Å². The van der Waals surface area contributed by atoms with Gasteiger partial charge in [0, 0.05) is 13.0 Å². The van der Waals surface area contributed by atoms with Crippen LogP contribution >= 0.6 is 7.82 Å². The SMILES string of the molecule is CCCCCCC/C=C\C/C=C\C/C=C\CCCCCCCCCOCC(COP(=O)([O-])OCC[N+](C)(C)C)OC(=O)CCCCCCCCCCCCCCCCCCCCCC. The van der Waals surface area contributed by atoms with Gasteiger partial charge in [-0.2, -0.15) is 0 Å². The molecule has 0 aromatic carbocycles. The van der Waals surface area contributed by atoms with Crippen molar-refractivity contribution in [2.24, 2.45) is 0 Å². The first kappa shape index (κ1) is 62.7. The molecule has 0 N–H and O–H groups in total. The number of carbonyl (C=O) groups is 1. The first-order chi connectivity index (χ1) is 31.1. The van der Waals surface area contributed by atoms with Crippen LogP contribution in [0.2, 0.25) is 0 Å². The molecule has 0 heterocycles. The summed E-state index contributed by atoms with van der Waals surface area (Å²) in [5.41, 5.74) is 0. The Bertz CT molecular complexity index is 1120. The van der Waals surface area contributed by atoms with E-state index in [0.717, 1.165) is 51.4 Å². The minimum absolute atomic E-state index is 0.0252. The molecule has 0 aliphatic carbocycles. The number of carbonyl (C=O) groups excluding carboxylic acids is 1. The van der Waals surface area contributed by atoms with Crippen molar-refractivity contribution in [1.29, 1.82) is 0 Å². The molecule has 378 valence electrons. The summed E-state index contributed by atoms with van der Waals surface area (Å²) in [6, 6.07) is 0. The topological polar surface area (TPSA) is 94.1 Å². The second-order valence-electron chi connectivity index (χ2n) is 19.6. The van der Waals surface area contributed by atoms with Gasteiger partial charge in [-0.1, -0.05) is 230 Å². The van der Waals surface area contributed by atoms with Crippen LogP contribution in [0.25, 0.3) is 0 Å². The highest BCUT2D eigenvalue weighted by Crippen LogP contribution is 2.38. The predicted octanol–water partition coefficient (Wildman–Crippen LogP) is 16.3. The number of phosphoric acid groups is 1. The summed E-state index contributed by atoms with van der Waals surface area (Å²) >= 11 is 0. The Balaban J connectivity index is 4.12. The first-order valence-corrected chi connectivity index (χ1v) is 28.7. The van der Waals surface area contributed by atoms with Crippen molar-refractivity contribution in [3.05, 3.63) is 36.5 Å². The van der Waals surface area contributed by atoms with Gasteiger partial charge in [0.05, 0.1) is 34.4 Å². The quantitative estimate of drug-likeness (QED) is 0.0197. The number of hydrogen-bond acceptors (Lipinski definition) is 7. The van der Waals surface area contributed by atoms with Gasteiger partial charge in [0.15, 0.2) is 0 Å². The van der Waals surface area contributed by atoms with Crippen LogP contribution in [-0.2, 0) is 27.9 Å². The van der Waals surface area contributed by atoms with Gasteiger partial charge in [-0.3, -0.25) is 9.36 Å². The second-order valence-corrected chi connectivity index (χ2v) is 21.0. The summed E-state index contributed by atoms with van der Waals surface area (Å²) < 4.78 is 34.8. The first-order valence-electron chi connectivity index (χ1n) is 27.2. The fourth-order valence-electron chi connectivity index (χ4n) is 7.73. The zero-order valence-corrected chi connectivity index (χ0v) is 43.9. The van der Waals surface area contributed by atoms with Gasteiger partial charge in [-0.15, -0.1) is 0 Å². The monoisotopic (exact) mass is 924 g/mol. The van der Waals surface area contributed by atoms with Crippen LogP contribution in [-0.4, -0.2) is 70.7 Å². The Morgan fingerprint density at radius 3 is 1.28 bits per heavy atom. The van der Waals surface area contributed by atoms with Crippen molar-refractivity contribution in [1.82, 2.24) is 0 Å². The van der Waals surface area contributed by atoms with Crippen LogP contribution < -0.4 is 4.89 Å². The molecule has 0 amide bonds. The third-order valence-electron chi connectivity index (χ3n) is 11.9. The Morgan fingerprint density at radius 1 is 0.484 bits per heavy atom. The number of rotatable bonds is 51. The van der Waals surface area contributed by atoms with E-state index < -0.39 is 13.9 Å². The van der Waals surface area contributed by atoms with Crippen molar-refractivity contribution in [3.8, 4) is 0 Å². The molecule has 0 rings (SSSR count). The van der Waals surface area contributed by atoms with E-state index in [9.17, 15) is 14.3 Å². The van der Waals surface area contributed by atoms with E-state index in [1.54, 1.807) is 0 Å². The lowest BCUT2D eigenvalue weighted by Gasteiger charge is -2.28. The molecule has 0 spiro atoms. The molecule has 0 fully saturated rings. The number of unbranched alkanes of at least 4 members (excludes halogenated alkanes) is 31. The number of ether oxygens (including phenoxy) is 2. The third kappa shape index (κ3) is 51.7. The molecule has 9 heteroatoms. The average molecular weight is 924 g/mol. The molecule has 0 saturated heterocycles. The van der Waals surface area contributed by atoms with Gasteiger partial charge in [0.25, 0.3) is 7.82 Å². The molecule has 2 atom stereocenters. The van der Waals surface area contributed by atoms with Crippen LogP contribution in [0.4, 0.5) is 0 Å². The normalized spacial score (nSPS) is 13.8. The molecule has 0 aromatic heterocycles. The van der Waals surface area contributed by atoms with Crippen molar-refractivity contribution >= 4 is 13.8 Å². The van der Waals surface area contributed by atoms with E-state index >= 15 is 0 Å². The number of quaternary nitrogens is 1. The number of esters is 1. The Labute approximate surface area is 397 Å². The molecule has 0 bridgehead atoms.